The number of fused-ring (bicyclic) bond motifs is 9. The molecule has 5 atom stereocenters. The van der Waals surface area contributed by atoms with Gasteiger partial charge >= 0.3 is 0 Å². The number of nitriles is 1. The number of hydrogen-bond acceptors (Lipinski definition) is 10. The van der Waals surface area contributed by atoms with E-state index in [1.807, 2.05) is 13.8 Å². The molecule has 0 spiro atoms. The maximum absolute atomic E-state index is 10.7. The Balaban J connectivity index is 1.61. The second-order valence-electron chi connectivity index (χ2n) is 11.0. The first-order valence-corrected chi connectivity index (χ1v) is 13.9. The topological polar surface area (TPSA) is 106 Å². The van der Waals surface area contributed by atoms with E-state index in [9.17, 15) is 5.26 Å². The van der Waals surface area contributed by atoms with Gasteiger partial charge in [0, 0.05) is 41.4 Å². The zero-order chi connectivity index (χ0) is 29.7. The van der Waals surface area contributed by atoms with Gasteiger partial charge in [0.1, 0.15) is 18.4 Å². The average Bonchev–Trinajstić information content (AvgIpc) is 3.47. The van der Waals surface area contributed by atoms with Crippen LogP contribution in [0.25, 0.3) is 0 Å². The minimum Gasteiger partial charge on any atom is -0.493 e. The van der Waals surface area contributed by atoms with Crippen molar-refractivity contribution in [3.63, 3.8) is 0 Å². The molecule has 0 radical (unpaired) electrons. The Morgan fingerprint density at radius 2 is 1.95 bits per heavy atom. The normalized spacial score (nSPS) is 26.2. The Morgan fingerprint density at radius 1 is 1.15 bits per heavy atom. The van der Waals surface area contributed by atoms with Gasteiger partial charge in [-0.15, -0.1) is 0 Å². The third-order valence-electron chi connectivity index (χ3n) is 9.07. The van der Waals surface area contributed by atoms with E-state index in [0.29, 0.717) is 42.4 Å². The lowest BCUT2D eigenvalue weighted by Crippen LogP contribution is -2.68. The highest BCUT2D eigenvalue weighted by Crippen LogP contribution is 2.58. The number of methoxy groups -OCH3 is 2. The van der Waals surface area contributed by atoms with Crippen LogP contribution in [0.3, 0.4) is 0 Å². The van der Waals surface area contributed by atoms with Crippen molar-refractivity contribution in [2.75, 3.05) is 48.1 Å². The summed E-state index contributed by atoms with van der Waals surface area (Å²) in [6, 6.07) is 3.42. The predicted octanol–water partition coefficient (Wildman–Crippen LogP) is 3.35. The van der Waals surface area contributed by atoms with E-state index in [2.05, 4.69) is 35.6 Å². The number of likely N-dealkylation sites (N-methyl/N-ethyl adjacent to an activating group) is 1. The molecule has 0 saturated carbocycles. The van der Waals surface area contributed by atoms with Crippen molar-refractivity contribution in [1.29, 1.82) is 6.69 Å². The van der Waals surface area contributed by atoms with Gasteiger partial charge in [0.25, 0.3) is 0 Å². The monoisotopic (exact) mass is 565 g/mol. The van der Waals surface area contributed by atoms with Crippen LogP contribution in [0.15, 0.2) is 18.7 Å². The summed E-state index contributed by atoms with van der Waals surface area (Å²) in [5.74, 6) is 3.31. The fourth-order valence-corrected chi connectivity index (χ4v) is 7.57. The second kappa shape index (κ2) is 10.7. The van der Waals surface area contributed by atoms with Crippen molar-refractivity contribution in [2.24, 2.45) is 0 Å². The largest absolute Gasteiger partial charge is 0.493 e. The summed E-state index contributed by atoms with van der Waals surface area (Å²) in [5, 5.41) is 15.8. The van der Waals surface area contributed by atoms with Gasteiger partial charge in [-0.25, -0.2) is 0 Å². The van der Waals surface area contributed by atoms with Gasteiger partial charge in [-0.05, 0) is 44.9 Å². The average molecular weight is 566 g/mol. The zero-order valence-corrected chi connectivity index (χ0v) is 24.2. The lowest BCUT2D eigenvalue weighted by atomic mass is 9.71. The molecule has 10 nitrogen and oxygen atoms in total. The van der Waals surface area contributed by atoms with E-state index in [-0.39, 0.29) is 38.3 Å². The van der Waals surface area contributed by atoms with Crippen molar-refractivity contribution in [1.82, 2.24) is 9.80 Å². The maximum atomic E-state index is 10.7. The van der Waals surface area contributed by atoms with Gasteiger partial charge in [0.2, 0.25) is 8.22 Å². The molecule has 2 aromatic rings. The smallest absolute Gasteiger partial charge is 0.231 e. The number of aliphatic hydroxyl groups excluding tert-OH is 1. The van der Waals surface area contributed by atoms with E-state index < -0.39 is 12.1 Å². The molecule has 218 valence electrons. The number of aliphatic hydroxyl groups is 1. The molecule has 0 aromatic heterocycles. The Morgan fingerprint density at radius 3 is 2.66 bits per heavy atom. The molecule has 1 N–H and O–H groups in total. The minimum atomic E-state index is -0.472. The van der Waals surface area contributed by atoms with Crippen LogP contribution in [-0.2, 0) is 17.6 Å². The predicted molar refractivity (Wildman–Crippen MR) is 150 cm³/mol. The standard InChI is InChI=1S/C31H37N3O7/c1-7-8-38-28-17(3)29-31(41-15-40-29)25-19(28)11-21-26-24-18(9-16(2)27(37-6)30(24)39-14-36-5)10-20(33(26)4)22(12-32)34(21)23(25)13-35/h7,9,20-23,26,35H,1,8,10-11,13-15H2,2-6H3/t20?,21-,22-,23-,26-/m0/s1/i35T. The van der Waals surface area contributed by atoms with Crippen LogP contribution in [-0.4, -0.2) is 82.5 Å². The molecule has 2 bridgehead atoms. The summed E-state index contributed by atoms with van der Waals surface area (Å²) in [7, 11) is 5.32. The van der Waals surface area contributed by atoms with Crippen LogP contribution in [0.2, 0.25) is 0 Å². The highest BCUT2D eigenvalue weighted by molar-refractivity contribution is 5.66. The van der Waals surface area contributed by atoms with Crippen molar-refractivity contribution in [3.8, 4) is 34.8 Å². The van der Waals surface area contributed by atoms with Crippen LogP contribution in [0.1, 0.15) is 45.5 Å². The fraction of sp³-hybridized carbons (Fsp3) is 0.516. The number of benzene rings is 2. The molecular formula is C31H37N3O7. The third-order valence-corrected chi connectivity index (χ3v) is 9.07. The van der Waals surface area contributed by atoms with Gasteiger partial charge in [0.05, 0.1) is 31.9 Å². The molecule has 0 aliphatic carbocycles. The molecule has 41 heavy (non-hydrogen) atoms. The van der Waals surface area contributed by atoms with Gasteiger partial charge in [0.15, 0.2) is 29.8 Å². The van der Waals surface area contributed by atoms with Gasteiger partial charge < -0.3 is 33.5 Å². The third kappa shape index (κ3) is 3.98. The SMILES string of the molecule is [3H]OC[C@H]1c2c(c(OCC=C)c(C)c3c2OCO3)C[C@H]2[C@H]3c4c(cc(C)c(OC)c4OCOC)CC([C@H](C#N)N12)N3C. The number of hydrogen-bond donors (Lipinski definition) is 1. The van der Waals surface area contributed by atoms with E-state index in [1.165, 1.54) is 0 Å². The molecule has 0 amide bonds. The van der Waals surface area contributed by atoms with Crippen LogP contribution in [0.5, 0.6) is 28.7 Å². The first-order valence-electron chi connectivity index (χ1n) is 14.3. The van der Waals surface area contributed by atoms with Crippen molar-refractivity contribution in [3.05, 3.63) is 52.1 Å². The Hall–Kier alpha value is -3.49. The molecule has 4 heterocycles. The number of aryl methyl sites for hydroxylation is 1. The quantitative estimate of drug-likeness (QED) is 0.359. The Labute approximate surface area is 242 Å². The fourth-order valence-electron chi connectivity index (χ4n) is 7.57. The number of piperazine rings is 1. The summed E-state index contributed by atoms with van der Waals surface area (Å²) < 4.78 is 43.5. The van der Waals surface area contributed by atoms with Gasteiger partial charge in [-0.2, -0.15) is 5.26 Å². The molecule has 6 rings (SSSR count). The number of rotatable bonds is 9. The Kier molecular flexibility index (Phi) is 6.91. The zero-order valence-electron chi connectivity index (χ0n) is 25.2. The lowest BCUT2D eigenvalue weighted by molar-refractivity contribution is -0.0832. The van der Waals surface area contributed by atoms with Crippen molar-refractivity contribution < 1.29 is 33.5 Å². The highest BCUT2D eigenvalue weighted by Gasteiger charge is 2.56. The highest BCUT2D eigenvalue weighted by atomic mass is 16.7. The maximum Gasteiger partial charge on any atom is 0.231 e. The molecule has 4 aliphatic heterocycles. The van der Waals surface area contributed by atoms with Crippen LogP contribution >= 0.6 is 0 Å². The molecular weight excluding hydrogens is 526 g/mol. The van der Waals surface area contributed by atoms with E-state index in [1.54, 1.807) is 20.3 Å². The number of nitrogens with zero attached hydrogens (tertiary/aromatic N) is 3. The molecule has 2 aromatic carbocycles. The molecule has 1 unspecified atom stereocenters. The molecule has 1 fully saturated rings. The summed E-state index contributed by atoms with van der Waals surface area (Å²) in [5.41, 5.74) is 5.81. The summed E-state index contributed by atoms with van der Waals surface area (Å²) in [6.45, 7) is 8.34. The first kappa shape index (κ1) is 26.4. The summed E-state index contributed by atoms with van der Waals surface area (Å²) in [6.07, 6.45) is 2.93. The summed E-state index contributed by atoms with van der Waals surface area (Å²) >= 11 is 0. The molecule has 4 aliphatic rings. The van der Waals surface area contributed by atoms with Crippen LogP contribution < -0.4 is 23.7 Å². The molecule has 1 saturated heterocycles. The van der Waals surface area contributed by atoms with Gasteiger partial charge in [-0.3, -0.25) is 9.80 Å². The number of ether oxygens (including phenoxy) is 6. The van der Waals surface area contributed by atoms with Crippen LogP contribution in [0, 0.1) is 25.2 Å². The van der Waals surface area contributed by atoms with E-state index in [4.69, 9.17) is 35.0 Å². The minimum absolute atomic E-state index is 0.0434. The molecule has 10 heteroatoms. The van der Waals surface area contributed by atoms with E-state index >= 15 is 0 Å². The second-order valence-corrected chi connectivity index (χ2v) is 11.0. The van der Waals surface area contributed by atoms with Crippen molar-refractivity contribution in [2.45, 2.75) is 56.9 Å². The van der Waals surface area contributed by atoms with Crippen molar-refractivity contribution >= 4 is 0 Å². The van der Waals surface area contributed by atoms with Crippen LogP contribution in [0.4, 0.5) is 0 Å². The Bertz CT molecular complexity index is 1440. The lowest BCUT2D eigenvalue weighted by Gasteiger charge is -2.59. The summed E-state index contributed by atoms with van der Waals surface area (Å²) in [4.78, 5) is 4.54. The van der Waals surface area contributed by atoms with Gasteiger partial charge in [-0.1, -0.05) is 18.7 Å². The van der Waals surface area contributed by atoms with E-state index in [0.717, 1.165) is 39.1 Å². The first-order chi connectivity index (χ1) is 20.4.